The lowest BCUT2D eigenvalue weighted by atomic mass is 9.89. The summed E-state index contributed by atoms with van der Waals surface area (Å²) in [4.78, 5) is 11.8. The second-order valence-electron chi connectivity index (χ2n) is 5.74. The summed E-state index contributed by atoms with van der Waals surface area (Å²) in [5.74, 6) is 0.533. The van der Waals surface area contributed by atoms with E-state index in [1.54, 1.807) is 0 Å². The number of hydrogen-bond acceptors (Lipinski definition) is 1. The third-order valence-electron chi connectivity index (χ3n) is 4.18. The molecule has 18 heavy (non-hydrogen) atoms. The molecule has 2 nitrogen and oxygen atoms in total. The first-order valence-corrected chi connectivity index (χ1v) is 7.16. The monoisotopic (exact) mass is 243 g/mol. The topological polar surface area (TPSA) is 29.1 Å². The second kappa shape index (κ2) is 4.75. The smallest absolute Gasteiger partial charge is 0.223 e. The van der Waals surface area contributed by atoms with E-state index in [0.717, 1.165) is 12.8 Å². The van der Waals surface area contributed by atoms with Crippen LogP contribution in [-0.2, 0) is 17.6 Å². The number of fused-ring (bicyclic) bond motifs is 1. The standard InChI is InChI=1S/C16H21NO/c1-11(17-16(18)13-7-8-13)14-9-6-12-4-2-3-5-15(12)10-14/h6,9-11,13H,2-5,7-8H2,1H3,(H,17,18)/t11-/m1/s1. The zero-order valence-electron chi connectivity index (χ0n) is 11.0. The molecule has 0 heterocycles. The maximum atomic E-state index is 11.8. The predicted octanol–water partition coefficient (Wildman–Crippen LogP) is 3.15. The zero-order valence-corrected chi connectivity index (χ0v) is 11.0. The van der Waals surface area contributed by atoms with Crippen LogP contribution in [-0.4, -0.2) is 5.91 Å². The summed E-state index contributed by atoms with van der Waals surface area (Å²) in [6.07, 6.45) is 7.19. The van der Waals surface area contributed by atoms with E-state index in [4.69, 9.17) is 0 Å². The summed E-state index contributed by atoms with van der Waals surface area (Å²) in [6.45, 7) is 2.09. The highest BCUT2D eigenvalue weighted by Gasteiger charge is 2.30. The molecule has 0 spiro atoms. The summed E-state index contributed by atoms with van der Waals surface area (Å²) in [5, 5.41) is 3.13. The van der Waals surface area contributed by atoms with Gasteiger partial charge in [-0.3, -0.25) is 4.79 Å². The number of carbonyl (C=O) groups is 1. The molecule has 0 aromatic heterocycles. The van der Waals surface area contributed by atoms with Gasteiger partial charge in [0.2, 0.25) is 5.91 Å². The average Bonchev–Trinajstić information content (AvgIpc) is 3.22. The molecule has 0 radical (unpaired) electrons. The van der Waals surface area contributed by atoms with Gasteiger partial charge in [-0.2, -0.15) is 0 Å². The molecule has 1 amide bonds. The van der Waals surface area contributed by atoms with Gasteiger partial charge in [-0.05, 0) is 62.1 Å². The third kappa shape index (κ3) is 2.43. The molecule has 1 N–H and O–H groups in total. The Balaban J connectivity index is 1.72. The van der Waals surface area contributed by atoms with E-state index in [1.807, 2.05) is 0 Å². The van der Waals surface area contributed by atoms with Gasteiger partial charge >= 0.3 is 0 Å². The minimum atomic E-state index is 0.144. The fourth-order valence-corrected chi connectivity index (χ4v) is 2.78. The van der Waals surface area contributed by atoms with Gasteiger partial charge in [0.1, 0.15) is 0 Å². The molecule has 0 saturated heterocycles. The fourth-order valence-electron chi connectivity index (χ4n) is 2.78. The second-order valence-corrected chi connectivity index (χ2v) is 5.74. The Morgan fingerprint density at radius 3 is 2.67 bits per heavy atom. The highest BCUT2D eigenvalue weighted by atomic mass is 16.2. The summed E-state index contributed by atoms with van der Waals surface area (Å²) < 4.78 is 0. The van der Waals surface area contributed by atoms with Crippen molar-refractivity contribution >= 4 is 5.91 Å². The number of aryl methyl sites for hydroxylation is 2. The number of amides is 1. The van der Waals surface area contributed by atoms with E-state index in [0.29, 0.717) is 5.92 Å². The van der Waals surface area contributed by atoms with Crippen LogP contribution < -0.4 is 5.32 Å². The van der Waals surface area contributed by atoms with Gasteiger partial charge in [0, 0.05) is 5.92 Å². The van der Waals surface area contributed by atoms with Gasteiger partial charge in [0.15, 0.2) is 0 Å². The van der Waals surface area contributed by atoms with Crippen LogP contribution >= 0.6 is 0 Å². The molecule has 1 aromatic rings. The molecule has 96 valence electrons. The molecule has 0 aliphatic heterocycles. The molecule has 0 unspecified atom stereocenters. The Bertz CT molecular complexity index is 462. The minimum absolute atomic E-state index is 0.144. The van der Waals surface area contributed by atoms with E-state index in [2.05, 4.69) is 30.4 Å². The van der Waals surface area contributed by atoms with Crippen molar-refractivity contribution < 1.29 is 4.79 Å². The number of nitrogens with one attached hydrogen (secondary N) is 1. The first-order valence-electron chi connectivity index (χ1n) is 7.16. The molecule has 1 fully saturated rings. The molecule has 1 atom stereocenters. The molecule has 1 aromatic carbocycles. The van der Waals surface area contributed by atoms with Crippen molar-refractivity contribution in [2.75, 3.05) is 0 Å². The van der Waals surface area contributed by atoms with Crippen molar-refractivity contribution in [3.05, 3.63) is 34.9 Å². The number of hydrogen-bond donors (Lipinski definition) is 1. The van der Waals surface area contributed by atoms with Gasteiger partial charge in [-0.25, -0.2) is 0 Å². The Hall–Kier alpha value is -1.31. The fraction of sp³-hybridized carbons (Fsp3) is 0.562. The molecular weight excluding hydrogens is 222 g/mol. The Kier molecular flexibility index (Phi) is 3.11. The SMILES string of the molecule is C[C@@H](NC(=O)C1CC1)c1ccc2c(c1)CCCC2. The van der Waals surface area contributed by atoms with Crippen molar-refractivity contribution in [3.8, 4) is 0 Å². The van der Waals surface area contributed by atoms with E-state index in [-0.39, 0.29) is 11.9 Å². The molecular formula is C16H21NO. The van der Waals surface area contributed by atoms with Crippen LogP contribution in [0.1, 0.15) is 55.3 Å². The largest absolute Gasteiger partial charge is 0.349 e. The van der Waals surface area contributed by atoms with Crippen molar-refractivity contribution in [1.29, 1.82) is 0 Å². The first-order chi connectivity index (χ1) is 8.74. The number of carbonyl (C=O) groups excluding carboxylic acids is 1. The molecule has 2 heteroatoms. The lowest BCUT2D eigenvalue weighted by Gasteiger charge is -2.20. The van der Waals surface area contributed by atoms with Crippen molar-refractivity contribution in [1.82, 2.24) is 5.32 Å². The lowest BCUT2D eigenvalue weighted by molar-refractivity contribution is -0.122. The van der Waals surface area contributed by atoms with Crippen molar-refractivity contribution in [2.45, 2.75) is 51.5 Å². The van der Waals surface area contributed by atoms with Crippen molar-refractivity contribution in [2.24, 2.45) is 5.92 Å². The van der Waals surface area contributed by atoms with Gasteiger partial charge < -0.3 is 5.32 Å². The summed E-state index contributed by atoms with van der Waals surface area (Å²) in [5.41, 5.74) is 4.25. The van der Waals surface area contributed by atoms with E-state index in [1.165, 1.54) is 42.4 Å². The number of rotatable bonds is 3. The predicted molar refractivity (Wildman–Crippen MR) is 72.4 cm³/mol. The highest BCUT2D eigenvalue weighted by molar-refractivity contribution is 5.81. The van der Waals surface area contributed by atoms with E-state index >= 15 is 0 Å². The Morgan fingerprint density at radius 1 is 1.22 bits per heavy atom. The van der Waals surface area contributed by atoms with Crippen LogP contribution in [0.5, 0.6) is 0 Å². The maximum absolute atomic E-state index is 11.8. The van der Waals surface area contributed by atoms with Crippen LogP contribution in [0, 0.1) is 5.92 Å². The molecule has 3 rings (SSSR count). The van der Waals surface area contributed by atoms with Crippen LogP contribution in [0.3, 0.4) is 0 Å². The molecule has 2 aliphatic carbocycles. The zero-order chi connectivity index (χ0) is 12.5. The van der Waals surface area contributed by atoms with Gasteiger partial charge in [-0.15, -0.1) is 0 Å². The van der Waals surface area contributed by atoms with Crippen molar-refractivity contribution in [3.63, 3.8) is 0 Å². The van der Waals surface area contributed by atoms with Gasteiger partial charge in [-0.1, -0.05) is 18.2 Å². The summed E-state index contributed by atoms with van der Waals surface area (Å²) in [6, 6.07) is 6.88. The Morgan fingerprint density at radius 2 is 1.94 bits per heavy atom. The minimum Gasteiger partial charge on any atom is -0.349 e. The molecule has 1 saturated carbocycles. The lowest BCUT2D eigenvalue weighted by Crippen LogP contribution is -2.28. The quantitative estimate of drug-likeness (QED) is 0.868. The van der Waals surface area contributed by atoms with Crippen LogP contribution in [0.25, 0.3) is 0 Å². The molecule has 0 bridgehead atoms. The van der Waals surface area contributed by atoms with E-state index < -0.39 is 0 Å². The Labute approximate surface area is 109 Å². The maximum Gasteiger partial charge on any atom is 0.223 e. The summed E-state index contributed by atoms with van der Waals surface area (Å²) >= 11 is 0. The highest BCUT2D eigenvalue weighted by Crippen LogP contribution is 2.30. The normalized spacial score (nSPS) is 20.1. The van der Waals surface area contributed by atoms with Gasteiger partial charge in [0.05, 0.1) is 6.04 Å². The van der Waals surface area contributed by atoms with Crippen LogP contribution in [0.4, 0.5) is 0 Å². The van der Waals surface area contributed by atoms with Gasteiger partial charge in [0.25, 0.3) is 0 Å². The van der Waals surface area contributed by atoms with Crippen LogP contribution in [0.2, 0.25) is 0 Å². The summed E-state index contributed by atoms with van der Waals surface area (Å²) in [7, 11) is 0. The van der Waals surface area contributed by atoms with E-state index in [9.17, 15) is 4.79 Å². The molecule has 2 aliphatic rings. The van der Waals surface area contributed by atoms with Crippen LogP contribution in [0.15, 0.2) is 18.2 Å². The average molecular weight is 243 g/mol. The number of benzene rings is 1. The third-order valence-corrected chi connectivity index (χ3v) is 4.18. The first kappa shape index (κ1) is 11.8.